The fraction of sp³-hybridized carbons (Fsp3) is 0.240. The second-order valence-corrected chi connectivity index (χ2v) is 8.91. The van der Waals surface area contributed by atoms with Crippen molar-refractivity contribution in [1.29, 1.82) is 0 Å². The van der Waals surface area contributed by atoms with Crippen LogP contribution >= 0.6 is 11.3 Å². The molecule has 14 heteroatoms. The van der Waals surface area contributed by atoms with Crippen LogP contribution in [0.5, 0.6) is 17.4 Å². The summed E-state index contributed by atoms with van der Waals surface area (Å²) in [6.07, 6.45) is -1.09. The first kappa shape index (κ1) is 27.3. The first-order valence-corrected chi connectivity index (χ1v) is 12.2. The summed E-state index contributed by atoms with van der Waals surface area (Å²) in [7, 11) is 3.89. The first-order valence-electron chi connectivity index (χ1n) is 11.4. The van der Waals surface area contributed by atoms with Gasteiger partial charge in [0.15, 0.2) is 16.7 Å². The minimum Gasteiger partial charge on any atom is -0.496 e. The molecule has 0 unspecified atom stereocenters. The summed E-state index contributed by atoms with van der Waals surface area (Å²) in [6, 6.07) is 7.27. The average molecular weight is 559 g/mol. The standard InChI is InChI=1S/C25H23FN4O8S/c1-35-17-7-5-4-6-13(17)11-16(21(31)29-23-27-19(12-39-23)38-25(34)37-3)30-22(32)20(28-24(30)33)14-8-9-18(36-2)15(26)10-14/h4-10,12,16,20H,11H2,1-3H3,(H,28,33)(H,27,29,31)/t16-,20+/m0/s1. The van der Waals surface area contributed by atoms with Crippen LogP contribution in [0.3, 0.4) is 0 Å². The number of hydrogen-bond donors (Lipinski definition) is 2. The second-order valence-electron chi connectivity index (χ2n) is 8.05. The molecule has 0 spiro atoms. The van der Waals surface area contributed by atoms with Gasteiger partial charge in [-0.3, -0.25) is 9.59 Å². The maximum atomic E-state index is 14.3. The highest BCUT2D eigenvalue weighted by atomic mass is 32.1. The van der Waals surface area contributed by atoms with Crippen molar-refractivity contribution in [3.8, 4) is 17.4 Å². The SMILES string of the molecule is COC(=O)Oc1csc(NC(=O)[C@H](Cc2ccccc2OC)N2C(=O)N[C@H](c3ccc(OC)c(F)c3)C2=O)n1. The minimum atomic E-state index is -1.35. The summed E-state index contributed by atoms with van der Waals surface area (Å²) < 4.78 is 33.9. The van der Waals surface area contributed by atoms with Crippen LogP contribution in [0.4, 0.5) is 19.1 Å². The topological polar surface area (TPSA) is 145 Å². The zero-order valence-corrected chi connectivity index (χ0v) is 21.7. The van der Waals surface area contributed by atoms with Crippen molar-refractivity contribution in [2.75, 3.05) is 26.6 Å². The Morgan fingerprint density at radius 1 is 1.13 bits per heavy atom. The van der Waals surface area contributed by atoms with Gasteiger partial charge in [-0.15, -0.1) is 11.3 Å². The molecule has 2 aromatic carbocycles. The molecule has 0 bridgehead atoms. The van der Waals surface area contributed by atoms with Crippen LogP contribution in [0.25, 0.3) is 0 Å². The van der Waals surface area contributed by atoms with Crippen molar-refractivity contribution >= 4 is 40.5 Å². The number of thiazole rings is 1. The number of ether oxygens (including phenoxy) is 4. The predicted molar refractivity (Wildman–Crippen MR) is 135 cm³/mol. The van der Waals surface area contributed by atoms with Gasteiger partial charge in [0.2, 0.25) is 11.8 Å². The zero-order chi connectivity index (χ0) is 28.1. The number of aromatic nitrogens is 1. The van der Waals surface area contributed by atoms with E-state index >= 15 is 0 Å². The third-order valence-electron chi connectivity index (χ3n) is 5.77. The molecule has 2 atom stereocenters. The number of amides is 4. The highest BCUT2D eigenvalue weighted by molar-refractivity contribution is 7.14. The molecule has 0 radical (unpaired) electrons. The molecule has 2 heterocycles. The van der Waals surface area contributed by atoms with Gasteiger partial charge in [-0.05, 0) is 29.3 Å². The smallest absolute Gasteiger partial charge is 0.496 e. The zero-order valence-electron chi connectivity index (χ0n) is 20.9. The van der Waals surface area contributed by atoms with E-state index < -0.39 is 41.9 Å². The molecule has 4 rings (SSSR count). The summed E-state index contributed by atoms with van der Waals surface area (Å²) in [5.74, 6) is -1.91. The molecule has 1 aliphatic rings. The van der Waals surface area contributed by atoms with Gasteiger partial charge in [0.05, 0.1) is 26.7 Å². The van der Waals surface area contributed by atoms with E-state index in [0.717, 1.165) is 29.4 Å². The molecule has 1 saturated heterocycles. The van der Waals surface area contributed by atoms with E-state index in [1.807, 2.05) is 0 Å². The Morgan fingerprint density at radius 2 is 1.87 bits per heavy atom. The third-order valence-corrected chi connectivity index (χ3v) is 6.50. The fourth-order valence-electron chi connectivity index (χ4n) is 3.94. The number of nitrogens with zero attached hydrogens (tertiary/aromatic N) is 2. The van der Waals surface area contributed by atoms with Crippen LogP contribution in [0, 0.1) is 5.82 Å². The molecule has 2 N–H and O–H groups in total. The Kier molecular flexibility index (Phi) is 8.24. The largest absolute Gasteiger partial charge is 0.514 e. The summed E-state index contributed by atoms with van der Waals surface area (Å²) in [5, 5.41) is 6.48. The lowest BCUT2D eigenvalue weighted by Gasteiger charge is -2.25. The summed E-state index contributed by atoms with van der Waals surface area (Å²) in [4.78, 5) is 56.1. The summed E-state index contributed by atoms with van der Waals surface area (Å²) in [6.45, 7) is 0. The number of rotatable bonds is 9. The van der Waals surface area contributed by atoms with E-state index in [-0.39, 0.29) is 28.7 Å². The Hall–Kier alpha value is -4.72. The maximum absolute atomic E-state index is 14.3. The van der Waals surface area contributed by atoms with Crippen molar-refractivity contribution in [1.82, 2.24) is 15.2 Å². The van der Waals surface area contributed by atoms with Gasteiger partial charge in [-0.1, -0.05) is 24.3 Å². The molecular formula is C25H23FN4O8S. The van der Waals surface area contributed by atoms with Crippen LogP contribution in [0.1, 0.15) is 17.2 Å². The number of halogens is 1. The number of carbonyl (C=O) groups is 4. The van der Waals surface area contributed by atoms with E-state index in [2.05, 4.69) is 20.4 Å². The van der Waals surface area contributed by atoms with Crippen molar-refractivity contribution in [2.24, 2.45) is 0 Å². The lowest BCUT2D eigenvalue weighted by molar-refractivity contribution is -0.134. The molecule has 1 aromatic heterocycles. The van der Waals surface area contributed by atoms with Crippen molar-refractivity contribution in [3.05, 3.63) is 64.8 Å². The molecule has 1 aliphatic heterocycles. The van der Waals surface area contributed by atoms with Crippen LogP contribution in [-0.4, -0.2) is 61.3 Å². The highest BCUT2D eigenvalue weighted by Gasteiger charge is 2.46. The highest BCUT2D eigenvalue weighted by Crippen LogP contribution is 2.30. The van der Waals surface area contributed by atoms with Crippen molar-refractivity contribution in [3.63, 3.8) is 0 Å². The number of anilines is 1. The Balaban J connectivity index is 1.64. The molecule has 39 heavy (non-hydrogen) atoms. The lowest BCUT2D eigenvalue weighted by Crippen LogP contribution is -2.49. The van der Waals surface area contributed by atoms with Gasteiger partial charge in [0.25, 0.3) is 5.91 Å². The normalized spacial score (nSPS) is 15.4. The summed E-state index contributed by atoms with van der Waals surface area (Å²) in [5.41, 5.74) is 0.726. The lowest BCUT2D eigenvalue weighted by atomic mass is 10.0. The van der Waals surface area contributed by atoms with Crippen LogP contribution in [0.2, 0.25) is 0 Å². The van der Waals surface area contributed by atoms with Crippen LogP contribution < -0.4 is 24.8 Å². The maximum Gasteiger partial charge on any atom is 0.514 e. The number of imide groups is 1. The molecule has 4 amide bonds. The Labute approximate surface area is 225 Å². The van der Waals surface area contributed by atoms with E-state index in [1.165, 1.54) is 31.7 Å². The molecule has 12 nitrogen and oxygen atoms in total. The third kappa shape index (κ3) is 5.90. The molecule has 0 aliphatic carbocycles. The van der Waals surface area contributed by atoms with Crippen molar-refractivity contribution < 1.29 is 42.5 Å². The molecular weight excluding hydrogens is 535 g/mol. The number of methoxy groups -OCH3 is 3. The molecule has 204 valence electrons. The van der Waals surface area contributed by atoms with Crippen LogP contribution in [-0.2, 0) is 20.7 Å². The number of nitrogens with one attached hydrogen (secondary N) is 2. The van der Waals surface area contributed by atoms with Gasteiger partial charge >= 0.3 is 12.2 Å². The fourth-order valence-corrected chi connectivity index (χ4v) is 4.55. The van der Waals surface area contributed by atoms with Crippen LogP contribution in [0.15, 0.2) is 47.8 Å². The quantitative estimate of drug-likeness (QED) is 0.298. The number of urea groups is 1. The number of hydrogen-bond acceptors (Lipinski definition) is 10. The van der Waals surface area contributed by atoms with Gasteiger partial charge in [-0.2, -0.15) is 4.98 Å². The first-order chi connectivity index (χ1) is 18.7. The number of para-hydroxylation sites is 1. The predicted octanol–water partition coefficient (Wildman–Crippen LogP) is 3.29. The van der Waals surface area contributed by atoms with Gasteiger partial charge < -0.3 is 29.6 Å². The average Bonchev–Trinajstić information content (AvgIpc) is 3.49. The van der Waals surface area contributed by atoms with E-state index in [1.54, 1.807) is 24.3 Å². The minimum absolute atomic E-state index is 0.0280. The molecule has 0 saturated carbocycles. The van der Waals surface area contributed by atoms with Gasteiger partial charge in [0.1, 0.15) is 17.8 Å². The molecule has 3 aromatic rings. The molecule has 1 fully saturated rings. The van der Waals surface area contributed by atoms with Crippen molar-refractivity contribution in [2.45, 2.75) is 18.5 Å². The van der Waals surface area contributed by atoms with Gasteiger partial charge in [0, 0.05) is 6.42 Å². The number of carbonyl (C=O) groups excluding carboxylic acids is 4. The Morgan fingerprint density at radius 3 is 2.56 bits per heavy atom. The van der Waals surface area contributed by atoms with E-state index in [0.29, 0.717) is 11.3 Å². The van der Waals surface area contributed by atoms with E-state index in [9.17, 15) is 23.6 Å². The second kappa shape index (κ2) is 11.8. The number of benzene rings is 2. The Bertz CT molecular complexity index is 1410. The monoisotopic (exact) mass is 558 g/mol. The van der Waals surface area contributed by atoms with E-state index in [4.69, 9.17) is 14.2 Å². The summed E-state index contributed by atoms with van der Waals surface area (Å²) >= 11 is 0.950. The van der Waals surface area contributed by atoms with Gasteiger partial charge in [-0.25, -0.2) is 18.9 Å².